The van der Waals surface area contributed by atoms with Crippen LogP contribution in [0.15, 0.2) is 84.7 Å². The summed E-state index contributed by atoms with van der Waals surface area (Å²) in [5.74, 6) is -0.979. The number of anilines is 1. The first kappa shape index (κ1) is 20.3. The first-order chi connectivity index (χ1) is 15.0. The Labute approximate surface area is 180 Å². The lowest BCUT2D eigenvalue weighted by atomic mass is 9.95. The molecule has 1 saturated heterocycles. The summed E-state index contributed by atoms with van der Waals surface area (Å²) in [6, 6.07) is 18.6. The van der Waals surface area contributed by atoms with Gasteiger partial charge in [-0.15, -0.1) is 0 Å². The number of nitrogens with zero attached hydrogens (tertiary/aromatic N) is 2. The monoisotopic (exact) mass is 414 g/mol. The van der Waals surface area contributed by atoms with Crippen LogP contribution in [0.1, 0.15) is 31.0 Å². The van der Waals surface area contributed by atoms with Crippen LogP contribution in [-0.4, -0.2) is 27.9 Å². The summed E-state index contributed by atoms with van der Waals surface area (Å²) in [5.41, 5.74) is 1.74. The highest BCUT2D eigenvalue weighted by atomic mass is 16.5. The summed E-state index contributed by atoms with van der Waals surface area (Å²) in [6.45, 7) is 3.86. The fourth-order valence-electron chi connectivity index (χ4n) is 3.67. The number of ketones is 1. The third-order valence-corrected chi connectivity index (χ3v) is 5.00. The lowest BCUT2D eigenvalue weighted by Crippen LogP contribution is -2.29. The van der Waals surface area contributed by atoms with Gasteiger partial charge in [0.15, 0.2) is 0 Å². The number of aliphatic hydroxyl groups is 1. The van der Waals surface area contributed by atoms with E-state index in [4.69, 9.17) is 4.74 Å². The van der Waals surface area contributed by atoms with E-state index < -0.39 is 17.7 Å². The molecule has 6 nitrogen and oxygen atoms in total. The highest BCUT2D eigenvalue weighted by molar-refractivity contribution is 6.51. The average Bonchev–Trinajstić information content (AvgIpc) is 3.05. The molecule has 1 fully saturated rings. The van der Waals surface area contributed by atoms with E-state index in [1.54, 1.807) is 36.4 Å². The Bertz CT molecular complexity index is 1120. The van der Waals surface area contributed by atoms with E-state index in [1.807, 2.05) is 44.2 Å². The fourth-order valence-corrected chi connectivity index (χ4v) is 3.67. The summed E-state index contributed by atoms with van der Waals surface area (Å²) in [4.78, 5) is 31.5. The van der Waals surface area contributed by atoms with Crippen molar-refractivity contribution in [2.45, 2.75) is 26.0 Å². The van der Waals surface area contributed by atoms with Crippen molar-refractivity contribution in [3.8, 4) is 5.75 Å². The van der Waals surface area contributed by atoms with Crippen LogP contribution in [0.25, 0.3) is 5.76 Å². The van der Waals surface area contributed by atoms with Crippen molar-refractivity contribution >= 4 is 23.1 Å². The molecule has 0 radical (unpaired) electrons. The first-order valence-corrected chi connectivity index (χ1v) is 10.0. The van der Waals surface area contributed by atoms with Crippen LogP contribution in [-0.2, 0) is 9.59 Å². The van der Waals surface area contributed by atoms with E-state index in [0.29, 0.717) is 17.0 Å². The van der Waals surface area contributed by atoms with Crippen LogP contribution >= 0.6 is 0 Å². The van der Waals surface area contributed by atoms with Crippen molar-refractivity contribution in [2.75, 3.05) is 4.90 Å². The molecule has 2 aromatic carbocycles. The minimum atomic E-state index is -0.758. The van der Waals surface area contributed by atoms with Crippen LogP contribution in [0, 0.1) is 0 Å². The standard InChI is InChI=1S/C25H22N2O4/c1-16(2)31-20-10-8-19(9-11-20)27-22(17-6-4-3-5-7-17)21(24(29)25(27)30)23(28)18-12-14-26-15-13-18/h3-16,22,28H,1-2H3/b23-21-. The van der Waals surface area contributed by atoms with Gasteiger partial charge in [-0.05, 0) is 55.8 Å². The van der Waals surface area contributed by atoms with Crippen molar-refractivity contribution in [1.82, 2.24) is 4.98 Å². The van der Waals surface area contributed by atoms with E-state index in [0.717, 1.165) is 5.56 Å². The van der Waals surface area contributed by atoms with Crippen LogP contribution in [0.5, 0.6) is 5.75 Å². The molecule has 0 bridgehead atoms. The second kappa shape index (κ2) is 8.44. The van der Waals surface area contributed by atoms with Gasteiger partial charge in [0, 0.05) is 23.6 Å². The van der Waals surface area contributed by atoms with Gasteiger partial charge in [0.25, 0.3) is 11.7 Å². The summed E-state index contributed by atoms with van der Waals surface area (Å²) in [6.07, 6.45) is 3.07. The quantitative estimate of drug-likeness (QED) is 0.378. The molecule has 1 aliphatic heterocycles. The number of ether oxygens (including phenoxy) is 1. The molecule has 1 aromatic heterocycles. The minimum absolute atomic E-state index is 0.0183. The molecular weight excluding hydrogens is 392 g/mol. The zero-order chi connectivity index (χ0) is 22.0. The molecular formula is C25H22N2O4. The van der Waals surface area contributed by atoms with E-state index >= 15 is 0 Å². The van der Waals surface area contributed by atoms with Crippen molar-refractivity contribution in [2.24, 2.45) is 0 Å². The maximum absolute atomic E-state index is 13.1. The number of hydrogen-bond donors (Lipinski definition) is 1. The van der Waals surface area contributed by atoms with Crippen LogP contribution in [0.3, 0.4) is 0 Å². The van der Waals surface area contributed by atoms with E-state index in [-0.39, 0.29) is 17.4 Å². The van der Waals surface area contributed by atoms with Crippen LogP contribution in [0.2, 0.25) is 0 Å². The van der Waals surface area contributed by atoms with Crippen LogP contribution < -0.4 is 9.64 Å². The summed E-state index contributed by atoms with van der Waals surface area (Å²) >= 11 is 0. The molecule has 0 spiro atoms. The van der Waals surface area contributed by atoms with Gasteiger partial charge in [-0.3, -0.25) is 19.5 Å². The topological polar surface area (TPSA) is 79.7 Å². The predicted molar refractivity (Wildman–Crippen MR) is 118 cm³/mol. The Morgan fingerprint density at radius 1 is 0.968 bits per heavy atom. The Balaban J connectivity index is 1.85. The second-order valence-corrected chi connectivity index (χ2v) is 7.48. The Morgan fingerprint density at radius 3 is 2.23 bits per heavy atom. The molecule has 6 heteroatoms. The van der Waals surface area contributed by atoms with E-state index in [2.05, 4.69) is 4.98 Å². The number of aromatic nitrogens is 1. The van der Waals surface area contributed by atoms with Gasteiger partial charge in [0.05, 0.1) is 17.7 Å². The molecule has 1 atom stereocenters. The molecule has 1 amide bonds. The molecule has 2 heterocycles. The number of carbonyl (C=O) groups is 2. The normalized spacial score (nSPS) is 17.9. The van der Waals surface area contributed by atoms with Crippen molar-refractivity contribution < 1.29 is 19.4 Å². The van der Waals surface area contributed by atoms with E-state index in [1.165, 1.54) is 17.3 Å². The summed E-state index contributed by atoms with van der Waals surface area (Å²) in [7, 11) is 0. The Hall–Kier alpha value is -3.93. The van der Waals surface area contributed by atoms with Gasteiger partial charge >= 0.3 is 0 Å². The maximum Gasteiger partial charge on any atom is 0.300 e. The second-order valence-electron chi connectivity index (χ2n) is 7.48. The van der Waals surface area contributed by atoms with Crippen LogP contribution in [0.4, 0.5) is 5.69 Å². The molecule has 31 heavy (non-hydrogen) atoms. The number of aliphatic hydroxyl groups excluding tert-OH is 1. The number of rotatable bonds is 5. The summed E-state index contributed by atoms with van der Waals surface area (Å²) in [5, 5.41) is 11.0. The fraction of sp³-hybridized carbons (Fsp3) is 0.160. The average molecular weight is 414 g/mol. The largest absolute Gasteiger partial charge is 0.507 e. The van der Waals surface area contributed by atoms with Crippen molar-refractivity contribution in [3.05, 3.63) is 95.8 Å². The van der Waals surface area contributed by atoms with Gasteiger partial charge in [-0.1, -0.05) is 30.3 Å². The van der Waals surface area contributed by atoms with Crippen molar-refractivity contribution in [1.29, 1.82) is 0 Å². The maximum atomic E-state index is 13.1. The number of benzene rings is 2. The lowest BCUT2D eigenvalue weighted by molar-refractivity contribution is -0.132. The minimum Gasteiger partial charge on any atom is -0.507 e. The Kier molecular flexibility index (Phi) is 5.54. The third-order valence-electron chi connectivity index (χ3n) is 5.00. The smallest absolute Gasteiger partial charge is 0.300 e. The Morgan fingerprint density at radius 2 is 1.61 bits per heavy atom. The lowest BCUT2D eigenvalue weighted by Gasteiger charge is -2.25. The number of amides is 1. The SMILES string of the molecule is CC(C)Oc1ccc(N2C(=O)C(=O)/C(=C(\O)c3ccncc3)C2c2ccccc2)cc1. The molecule has 1 N–H and O–H groups in total. The molecule has 3 aromatic rings. The number of pyridine rings is 1. The molecule has 0 saturated carbocycles. The van der Waals surface area contributed by atoms with E-state index in [9.17, 15) is 14.7 Å². The molecule has 0 aliphatic carbocycles. The summed E-state index contributed by atoms with van der Waals surface area (Å²) < 4.78 is 5.68. The first-order valence-electron chi connectivity index (χ1n) is 10.0. The molecule has 1 unspecified atom stereocenters. The highest BCUT2D eigenvalue weighted by Crippen LogP contribution is 2.42. The molecule has 1 aliphatic rings. The number of hydrogen-bond acceptors (Lipinski definition) is 5. The third kappa shape index (κ3) is 3.92. The predicted octanol–water partition coefficient (Wildman–Crippen LogP) is 4.50. The van der Waals surface area contributed by atoms with Gasteiger partial charge in [-0.25, -0.2) is 0 Å². The molecule has 4 rings (SSSR count). The number of Topliss-reactive ketones (excluding diaryl/α,β-unsaturated/α-hetero) is 1. The zero-order valence-electron chi connectivity index (χ0n) is 17.2. The van der Waals surface area contributed by atoms with Gasteiger partial charge in [0.1, 0.15) is 11.5 Å². The van der Waals surface area contributed by atoms with Gasteiger partial charge in [-0.2, -0.15) is 0 Å². The molecule has 156 valence electrons. The van der Waals surface area contributed by atoms with Gasteiger partial charge in [0.2, 0.25) is 0 Å². The van der Waals surface area contributed by atoms with Gasteiger partial charge < -0.3 is 9.84 Å². The number of carbonyl (C=O) groups excluding carboxylic acids is 2. The van der Waals surface area contributed by atoms with Crippen molar-refractivity contribution in [3.63, 3.8) is 0 Å². The zero-order valence-corrected chi connectivity index (χ0v) is 17.2. The highest BCUT2D eigenvalue weighted by Gasteiger charge is 2.46.